The van der Waals surface area contributed by atoms with E-state index in [9.17, 15) is 9.90 Å². The molecule has 5 heteroatoms. The SMILES string of the molecule is CC1(C)Oc2ccsc2[C@H](N2CCCCCC2=O)[C@H]1O. The summed E-state index contributed by atoms with van der Waals surface area (Å²) in [6.45, 7) is 4.50. The van der Waals surface area contributed by atoms with E-state index in [-0.39, 0.29) is 11.9 Å². The van der Waals surface area contributed by atoms with E-state index in [1.54, 1.807) is 11.3 Å². The Balaban J connectivity index is 2.00. The zero-order chi connectivity index (χ0) is 14.3. The number of carbonyl (C=O) groups excluding carboxylic acids is 1. The summed E-state index contributed by atoms with van der Waals surface area (Å²) in [5.41, 5.74) is -0.675. The molecule has 3 heterocycles. The topological polar surface area (TPSA) is 49.8 Å². The third-order valence-corrected chi connectivity index (χ3v) is 5.22. The number of aliphatic hydroxyl groups is 1. The van der Waals surface area contributed by atoms with Gasteiger partial charge in [0.25, 0.3) is 0 Å². The highest BCUT2D eigenvalue weighted by Crippen LogP contribution is 2.46. The van der Waals surface area contributed by atoms with Gasteiger partial charge in [-0.3, -0.25) is 4.79 Å². The fourth-order valence-electron chi connectivity index (χ4n) is 3.09. The maximum Gasteiger partial charge on any atom is 0.223 e. The molecule has 2 aliphatic rings. The summed E-state index contributed by atoms with van der Waals surface area (Å²) in [6.07, 6.45) is 2.94. The normalized spacial score (nSPS) is 29.6. The summed E-state index contributed by atoms with van der Waals surface area (Å²) in [4.78, 5) is 15.2. The maximum atomic E-state index is 12.4. The molecule has 2 aliphatic heterocycles. The Hall–Kier alpha value is -1.07. The number of nitrogens with zero attached hydrogens (tertiary/aromatic N) is 1. The zero-order valence-corrected chi connectivity index (χ0v) is 12.8. The van der Waals surface area contributed by atoms with E-state index in [1.165, 1.54) is 0 Å². The fraction of sp³-hybridized carbons (Fsp3) is 0.667. The molecule has 0 radical (unpaired) electrons. The first-order valence-corrected chi connectivity index (χ1v) is 8.12. The van der Waals surface area contributed by atoms with E-state index >= 15 is 0 Å². The molecule has 1 aromatic rings. The minimum absolute atomic E-state index is 0.156. The number of rotatable bonds is 1. The van der Waals surface area contributed by atoms with Crippen LogP contribution in [0.15, 0.2) is 11.4 Å². The second-order valence-corrected chi connectivity index (χ2v) is 7.09. The van der Waals surface area contributed by atoms with E-state index < -0.39 is 11.7 Å². The number of likely N-dealkylation sites (tertiary alicyclic amines) is 1. The van der Waals surface area contributed by atoms with Crippen LogP contribution in [0.3, 0.4) is 0 Å². The van der Waals surface area contributed by atoms with Gasteiger partial charge in [-0.15, -0.1) is 11.3 Å². The molecule has 1 amide bonds. The molecule has 3 rings (SSSR count). The predicted molar refractivity (Wildman–Crippen MR) is 78.0 cm³/mol. The first kappa shape index (κ1) is 13.9. The maximum absolute atomic E-state index is 12.4. The first-order chi connectivity index (χ1) is 9.50. The Morgan fingerprint density at radius 2 is 2.20 bits per heavy atom. The van der Waals surface area contributed by atoms with Gasteiger partial charge >= 0.3 is 0 Å². The van der Waals surface area contributed by atoms with E-state index in [1.807, 2.05) is 30.2 Å². The number of amides is 1. The molecule has 0 spiro atoms. The Morgan fingerprint density at radius 3 is 3.00 bits per heavy atom. The molecule has 1 fully saturated rings. The van der Waals surface area contributed by atoms with Gasteiger partial charge in [-0.2, -0.15) is 0 Å². The van der Waals surface area contributed by atoms with Crippen molar-refractivity contribution in [1.29, 1.82) is 0 Å². The van der Waals surface area contributed by atoms with Crippen molar-refractivity contribution in [3.8, 4) is 5.75 Å². The monoisotopic (exact) mass is 295 g/mol. The summed E-state index contributed by atoms with van der Waals surface area (Å²) in [5.74, 6) is 0.968. The molecule has 1 N–H and O–H groups in total. The number of carbonyl (C=O) groups is 1. The van der Waals surface area contributed by atoms with Gasteiger partial charge in [0.2, 0.25) is 5.91 Å². The Bertz CT molecular complexity index is 511. The minimum Gasteiger partial charge on any atom is -0.484 e. The highest BCUT2D eigenvalue weighted by molar-refractivity contribution is 7.10. The molecule has 1 aromatic heterocycles. The Labute approximate surface area is 123 Å². The van der Waals surface area contributed by atoms with Crippen LogP contribution in [0, 0.1) is 0 Å². The van der Waals surface area contributed by atoms with Crippen LogP contribution in [0.4, 0.5) is 0 Å². The van der Waals surface area contributed by atoms with E-state index in [0.29, 0.717) is 6.42 Å². The van der Waals surface area contributed by atoms with Gasteiger partial charge < -0.3 is 14.7 Å². The first-order valence-electron chi connectivity index (χ1n) is 7.24. The van der Waals surface area contributed by atoms with Crippen molar-refractivity contribution < 1.29 is 14.6 Å². The average molecular weight is 295 g/mol. The summed E-state index contributed by atoms with van der Waals surface area (Å²) in [7, 11) is 0. The third kappa shape index (κ3) is 2.23. The summed E-state index contributed by atoms with van der Waals surface area (Å²) < 4.78 is 5.88. The lowest BCUT2D eigenvalue weighted by atomic mass is 9.89. The van der Waals surface area contributed by atoms with Gasteiger partial charge in [0.1, 0.15) is 17.5 Å². The molecule has 4 nitrogen and oxygen atoms in total. The summed E-state index contributed by atoms with van der Waals surface area (Å²) in [6, 6.07) is 1.67. The number of aliphatic hydroxyl groups excluding tert-OH is 1. The zero-order valence-electron chi connectivity index (χ0n) is 12.0. The van der Waals surface area contributed by atoms with Crippen LogP contribution in [-0.4, -0.2) is 34.2 Å². The number of hydrogen-bond acceptors (Lipinski definition) is 4. The van der Waals surface area contributed by atoms with Gasteiger partial charge in [-0.25, -0.2) is 0 Å². The molecular formula is C15H21NO3S. The predicted octanol–water partition coefficient (Wildman–Crippen LogP) is 2.72. The smallest absolute Gasteiger partial charge is 0.223 e. The molecular weight excluding hydrogens is 274 g/mol. The molecule has 2 atom stereocenters. The molecule has 20 heavy (non-hydrogen) atoms. The van der Waals surface area contributed by atoms with Gasteiger partial charge in [0.05, 0.1) is 10.9 Å². The standard InChI is InChI=1S/C15H21NO3S/c1-15(2)14(18)12(13-10(19-15)7-9-20-13)16-8-5-3-4-6-11(16)17/h7,9,12,14,18H,3-6,8H2,1-2H3/t12-,14+/m0/s1. The minimum atomic E-state index is -0.698. The van der Waals surface area contributed by atoms with Gasteiger partial charge in [0, 0.05) is 13.0 Å². The molecule has 0 aromatic carbocycles. The number of thiophene rings is 1. The van der Waals surface area contributed by atoms with Crippen molar-refractivity contribution in [2.75, 3.05) is 6.54 Å². The molecule has 0 bridgehead atoms. The molecule has 0 aliphatic carbocycles. The lowest BCUT2D eigenvalue weighted by Crippen LogP contribution is -2.54. The van der Waals surface area contributed by atoms with Crippen LogP contribution in [0.1, 0.15) is 50.4 Å². The van der Waals surface area contributed by atoms with Crippen molar-refractivity contribution in [1.82, 2.24) is 4.90 Å². The van der Waals surface area contributed by atoms with Crippen molar-refractivity contribution in [2.45, 2.75) is 57.3 Å². The van der Waals surface area contributed by atoms with Gasteiger partial charge in [-0.05, 0) is 38.1 Å². The van der Waals surface area contributed by atoms with Crippen LogP contribution in [-0.2, 0) is 4.79 Å². The van der Waals surface area contributed by atoms with Crippen molar-refractivity contribution in [3.63, 3.8) is 0 Å². The van der Waals surface area contributed by atoms with Crippen molar-refractivity contribution >= 4 is 17.2 Å². The highest BCUT2D eigenvalue weighted by Gasteiger charge is 2.47. The van der Waals surface area contributed by atoms with Crippen molar-refractivity contribution in [2.24, 2.45) is 0 Å². The number of hydrogen-bond donors (Lipinski definition) is 1. The van der Waals surface area contributed by atoms with Crippen LogP contribution in [0.2, 0.25) is 0 Å². The van der Waals surface area contributed by atoms with Crippen molar-refractivity contribution in [3.05, 3.63) is 16.3 Å². The van der Waals surface area contributed by atoms with Crippen LogP contribution < -0.4 is 4.74 Å². The van der Waals surface area contributed by atoms with E-state index in [2.05, 4.69) is 0 Å². The molecule has 0 saturated carbocycles. The van der Waals surface area contributed by atoms with Gasteiger partial charge in [0.15, 0.2) is 0 Å². The highest BCUT2D eigenvalue weighted by atomic mass is 32.1. The second-order valence-electron chi connectivity index (χ2n) is 6.14. The average Bonchev–Trinajstić information content (AvgIpc) is 2.72. The van der Waals surface area contributed by atoms with Crippen LogP contribution in [0.25, 0.3) is 0 Å². The van der Waals surface area contributed by atoms with Crippen LogP contribution >= 0.6 is 11.3 Å². The van der Waals surface area contributed by atoms with Crippen LogP contribution in [0.5, 0.6) is 5.75 Å². The molecule has 1 saturated heterocycles. The lowest BCUT2D eigenvalue weighted by Gasteiger charge is -2.44. The molecule has 0 unspecified atom stereocenters. The van der Waals surface area contributed by atoms with Gasteiger partial charge in [-0.1, -0.05) is 6.42 Å². The molecule has 110 valence electrons. The third-order valence-electron chi connectivity index (χ3n) is 4.26. The van der Waals surface area contributed by atoms with E-state index in [0.717, 1.165) is 36.4 Å². The largest absolute Gasteiger partial charge is 0.484 e. The summed E-state index contributed by atoms with van der Waals surface area (Å²) in [5, 5.41) is 12.7. The number of ether oxygens (including phenoxy) is 1. The number of fused-ring (bicyclic) bond motifs is 1. The Morgan fingerprint density at radius 1 is 1.40 bits per heavy atom. The van der Waals surface area contributed by atoms with E-state index in [4.69, 9.17) is 4.74 Å². The second kappa shape index (κ2) is 5.04. The lowest BCUT2D eigenvalue weighted by molar-refractivity contribution is -0.143. The summed E-state index contributed by atoms with van der Waals surface area (Å²) >= 11 is 1.56. The quantitative estimate of drug-likeness (QED) is 0.866. The fourth-order valence-corrected chi connectivity index (χ4v) is 4.05. The Kier molecular flexibility index (Phi) is 3.50.